The van der Waals surface area contributed by atoms with Crippen LogP contribution in [0.3, 0.4) is 0 Å². The Bertz CT molecular complexity index is 533. The lowest BCUT2D eigenvalue weighted by atomic mass is 10.2. The predicted molar refractivity (Wildman–Crippen MR) is 72.2 cm³/mol. The first-order valence-electron chi connectivity index (χ1n) is 6.04. The summed E-state index contributed by atoms with van der Waals surface area (Å²) in [6.45, 7) is 0. The zero-order valence-electron chi connectivity index (χ0n) is 10.8. The van der Waals surface area contributed by atoms with Crippen LogP contribution in [0.4, 0.5) is 5.69 Å². The summed E-state index contributed by atoms with van der Waals surface area (Å²) in [6, 6.07) is 4.83. The number of hydrogen-bond donors (Lipinski definition) is 2. The highest BCUT2D eigenvalue weighted by molar-refractivity contribution is 6.32. The smallest absolute Gasteiger partial charge is 0.332 e. The van der Waals surface area contributed by atoms with Crippen molar-refractivity contribution >= 4 is 29.2 Å². The normalized spacial score (nSPS) is 21.5. The van der Waals surface area contributed by atoms with Gasteiger partial charge in [0.15, 0.2) is 6.10 Å². The minimum absolute atomic E-state index is 0.330. The number of amides is 1. The van der Waals surface area contributed by atoms with Crippen molar-refractivity contribution in [3.63, 3.8) is 0 Å². The Labute approximate surface area is 120 Å². The molecular formula is C13H14ClNO5. The van der Waals surface area contributed by atoms with Gasteiger partial charge in [0, 0.05) is 5.69 Å². The molecule has 1 amide bonds. The van der Waals surface area contributed by atoms with E-state index in [1.54, 1.807) is 18.2 Å². The van der Waals surface area contributed by atoms with Crippen molar-refractivity contribution in [2.45, 2.75) is 25.0 Å². The second kappa shape index (κ2) is 6.11. The summed E-state index contributed by atoms with van der Waals surface area (Å²) in [5.74, 6) is -0.921. The van der Waals surface area contributed by atoms with Crippen molar-refractivity contribution < 1.29 is 24.2 Å². The van der Waals surface area contributed by atoms with E-state index < -0.39 is 18.2 Å². The molecule has 2 rings (SSSR count). The summed E-state index contributed by atoms with van der Waals surface area (Å²) in [4.78, 5) is 22.7. The van der Waals surface area contributed by atoms with E-state index >= 15 is 0 Å². The van der Waals surface area contributed by atoms with Crippen molar-refractivity contribution in [2.24, 2.45) is 0 Å². The maximum Gasteiger partial charge on any atom is 0.332 e. The first-order chi connectivity index (χ1) is 9.51. The molecule has 0 radical (unpaired) electrons. The van der Waals surface area contributed by atoms with Gasteiger partial charge in [-0.05, 0) is 31.0 Å². The van der Waals surface area contributed by atoms with Gasteiger partial charge in [-0.25, -0.2) is 4.79 Å². The Morgan fingerprint density at radius 3 is 2.65 bits per heavy atom. The zero-order chi connectivity index (χ0) is 14.7. The average Bonchev–Trinajstić information content (AvgIpc) is 2.88. The van der Waals surface area contributed by atoms with E-state index in [1.165, 1.54) is 7.11 Å². The van der Waals surface area contributed by atoms with Crippen LogP contribution in [0.2, 0.25) is 5.02 Å². The molecule has 0 unspecified atom stereocenters. The first-order valence-corrected chi connectivity index (χ1v) is 6.41. The van der Waals surface area contributed by atoms with Crippen LogP contribution in [0.25, 0.3) is 0 Å². The molecule has 1 aromatic carbocycles. The predicted octanol–water partition coefficient (Wildman–Crippen LogP) is 1.92. The van der Waals surface area contributed by atoms with Crippen LogP contribution in [0.5, 0.6) is 5.75 Å². The summed E-state index contributed by atoms with van der Waals surface area (Å²) in [7, 11) is 1.50. The number of anilines is 1. The van der Waals surface area contributed by atoms with Crippen LogP contribution in [-0.2, 0) is 14.3 Å². The monoisotopic (exact) mass is 299 g/mol. The van der Waals surface area contributed by atoms with E-state index in [2.05, 4.69) is 5.32 Å². The topological polar surface area (TPSA) is 84.9 Å². The molecule has 2 atom stereocenters. The van der Waals surface area contributed by atoms with Crippen molar-refractivity contribution in [2.75, 3.05) is 12.4 Å². The van der Waals surface area contributed by atoms with E-state index in [4.69, 9.17) is 26.2 Å². The number of benzene rings is 1. The molecule has 0 bridgehead atoms. The number of methoxy groups -OCH3 is 1. The number of carboxylic acids is 1. The number of halogens is 1. The number of carboxylic acid groups (broad SMARTS) is 1. The largest absolute Gasteiger partial charge is 0.495 e. The molecule has 20 heavy (non-hydrogen) atoms. The average molecular weight is 300 g/mol. The standard InChI is InChI=1S/C13H14ClNO5/c1-19-9-3-2-7(6-8(9)14)15-12(16)10-4-5-11(20-10)13(17)18/h2-3,6,10-11H,4-5H2,1H3,(H,15,16)(H,17,18)/t10-,11+/m0/s1. The number of carbonyl (C=O) groups is 2. The Morgan fingerprint density at radius 2 is 2.10 bits per heavy atom. The molecule has 0 saturated carbocycles. The second-order valence-corrected chi connectivity index (χ2v) is 4.77. The van der Waals surface area contributed by atoms with Gasteiger partial charge in [0.05, 0.1) is 12.1 Å². The Morgan fingerprint density at radius 1 is 1.40 bits per heavy atom. The fourth-order valence-electron chi connectivity index (χ4n) is 1.98. The van der Waals surface area contributed by atoms with Gasteiger partial charge in [0.1, 0.15) is 11.9 Å². The molecule has 7 heteroatoms. The third kappa shape index (κ3) is 3.20. The molecule has 2 N–H and O–H groups in total. The van der Waals surface area contributed by atoms with E-state index in [9.17, 15) is 9.59 Å². The molecule has 1 aliphatic rings. The van der Waals surface area contributed by atoms with Crippen LogP contribution in [0, 0.1) is 0 Å². The molecule has 0 spiro atoms. The summed E-state index contributed by atoms with van der Waals surface area (Å²) in [5, 5.41) is 11.8. The van der Waals surface area contributed by atoms with Gasteiger partial charge in [0.25, 0.3) is 5.91 Å². The third-order valence-electron chi connectivity index (χ3n) is 3.01. The minimum Gasteiger partial charge on any atom is -0.495 e. The van der Waals surface area contributed by atoms with E-state index in [1.807, 2.05) is 0 Å². The van der Waals surface area contributed by atoms with E-state index in [0.717, 1.165) is 0 Å². The second-order valence-electron chi connectivity index (χ2n) is 4.37. The van der Waals surface area contributed by atoms with Crippen LogP contribution in [0.1, 0.15) is 12.8 Å². The van der Waals surface area contributed by atoms with Crippen LogP contribution in [0.15, 0.2) is 18.2 Å². The van der Waals surface area contributed by atoms with Crippen LogP contribution < -0.4 is 10.1 Å². The molecule has 1 aliphatic heterocycles. The SMILES string of the molecule is COc1ccc(NC(=O)[C@@H]2CC[C@H](C(=O)O)O2)cc1Cl. The van der Waals surface area contributed by atoms with Crippen molar-refractivity contribution in [3.05, 3.63) is 23.2 Å². The number of hydrogen-bond acceptors (Lipinski definition) is 4. The lowest BCUT2D eigenvalue weighted by molar-refractivity contribution is -0.150. The summed E-state index contributed by atoms with van der Waals surface area (Å²) < 4.78 is 10.2. The van der Waals surface area contributed by atoms with Crippen molar-refractivity contribution in [3.8, 4) is 5.75 Å². The van der Waals surface area contributed by atoms with Crippen molar-refractivity contribution in [1.29, 1.82) is 0 Å². The van der Waals surface area contributed by atoms with Gasteiger partial charge >= 0.3 is 5.97 Å². The Hall–Kier alpha value is -1.79. The van der Waals surface area contributed by atoms with E-state index in [0.29, 0.717) is 29.3 Å². The number of nitrogens with one attached hydrogen (secondary N) is 1. The third-order valence-corrected chi connectivity index (χ3v) is 3.30. The van der Waals surface area contributed by atoms with Gasteiger partial charge in [-0.15, -0.1) is 0 Å². The fraction of sp³-hybridized carbons (Fsp3) is 0.385. The maximum absolute atomic E-state index is 11.9. The molecule has 1 fully saturated rings. The number of rotatable bonds is 4. The molecule has 0 aliphatic carbocycles. The lowest BCUT2D eigenvalue weighted by Crippen LogP contribution is -2.29. The van der Waals surface area contributed by atoms with Gasteiger partial charge in [-0.1, -0.05) is 11.6 Å². The minimum atomic E-state index is -1.05. The summed E-state index contributed by atoms with van der Waals surface area (Å²) in [6.07, 6.45) is -0.953. The molecule has 6 nitrogen and oxygen atoms in total. The number of aliphatic carboxylic acids is 1. The molecule has 0 aromatic heterocycles. The van der Waals surface area contributed by atoms with Gasteiger partial charge in [0.2, 0.25) is 0 Å². The van der Waals surface area contributed by atoms with Gasteiger partial charge in [-0.2, -0.15) is 0 Å². The summed E-state index contributed by atoms with van der Waals surface area (Å²) in [5.41, 5.74) is 0.503. The molecule has 1 aromatic rings. The molecule has 1 heterocycles. The Kier molecular flexibility index (Phi) is 4.46. The van der Waals surface area contributed by atoms with Gasteiger partial charge in [-0.3, -0.25) is 4.79 Å². The Balaban J connectivity index is 1.98. The molecular weight excluding hydrogens is 286 g/mol. The first kappa shape index (κ1) is 14.6. The van der Waals surface area contributed by atoms with Crippen LogP contribution >= 0.6 is 11.6 Å². The highest BCUT2D eigenvalue weighted by Crippen LogP contribution is 2.28. The number of carbonyl (C=O) groups excluding carboxylic acids is 1. The lowest BCUT2D eigenvalue weighted by Gasteiger charge is -2.12. The zero-order valence-corrected chi connectivity index (χ0v) is 11.5. The maximum atomic E-state index is 11.9. The van der Waals surface area contributed by atoms with Crippen molar-refractivity contribution in [1.82, 2.24) is 0 Å². The number of ether oxygens (including phenoxy) is 2. The summed E-state index contributed by atoms with van der Waals surface area (Å²) >= 11 is 5.95. The molecule has 1 saturated heterocycles. The van der Waals surface area contributed by atoms with Gasteiger partial charge < -0.3 is 19.9 Å². The van der Waals surface area contributed by atoms with E-state index in [-0.39, 0.29) is 5.91 Å². The highest BCUT2D eigenvalue weighted by atomic mass is 35.5. The fourth-order valence-corrected chi connectivity index (χ4v) is 2.24. The highest BCUT2D eigenvalue weighted by Gasteiger charge is 2.34. The van der Waals surface area contributed by atoms with Crippen LogP contribution in [-0.4, -0.2) is 36.3 Å². The molecule has 108 valence electrons. The quantitative estimate of drug-likeness (QED) is 0.887.